The molecule has 3 rings (SSSR count). The molecule has 22 heavy (non-hydrogen) atoms. The van der Waals surface area contributed by atoms with Crippen LogP contribution in [0, 0.1) is 5.82 Å². The molecule has 0 radical (unpaired) electrons. The van der Waals surface area contributed by atoms with Crippen molar-refractivity contribution in [3.63, 3.8) is 0 Å². The van der Waals surface area contributed by atoms with E-state index >= 15 is 0 Å². The van der Waals surface area contributed by atoms with Gasteiger partial charge in [-0.25, -0.2) is 4.39 Å². The van der Waals surface area contributed by atoms with Crippen LogP contribution in [0.25, 0.3) is 5.69 Å². The molecule has 0 fully saturated rings. The maximum atomic E-state index is 12.8. The van der Waals surface area contributed by atoms with Gasteiger partial charge in [-0.1, -0.05) is 18.2 Å². The van der Waals surface area contributed by atoms with Gasteiger partial charge in [0.2, 0.25) is 0 Å². The highest BCUT2D eigenvalue weighted by atomic mass is 19.1. The molecule has 0 spiro atoms. The van der Waals surface area contributed by atoms with Crippen molar-refractivity contribution in [1.29, 1.82) is 0 Å². The summed E-state index contributed by atoms with van der Waals surface area (Å²) in [5.41, 5.74) is 1.31. The summed E-state index contributed by atoms with van der Waals surface area (Å²) in [6.45, 7) is 0.227. The molecule has 0 bridgehead atoms. The zero-order valence-electron chi connectivity index (χ0n) is 11.6. The first-order chi connectivity index (χ1) is 10.7. The van der Waals surface area contributed by atoms with E-state index in [1.165, 1.54) is 24.3 Å². The predicted molar refractivity (Wildman–Crippen MR) is 78.9 cm³/mol. The highest BCUT2D eigenvalue weighted by Gasteiger charge is 2.09. The minimum atomic E-state index is -0.375. The average Bonchev–Trinajstić information content (AvgIpc) is 3.02. The minimum absolute atomic E-state index is 0.227. The number of para-hydroxylation sites is 1. The summed E-state index contributed by atoms with van der Waals surface area (Å²) in [5, 5.41) is 10.6. The summed E-state index contributed by atoms with van der Waals surface area (Å²) in [5.74, 6) is -0.0513. The van der Waals surface area contributed by atoms with E-state index in [2.05, 4.69) is 15.5 Å². The van der Waals surface area contributed by atoms with Gasteiger partial charge >= 0.3 is 0 Å². The molecule has 0 aliphatic rings. The second kappa shape index (κ2) is 6.17. The van der Waals surface area contributed by atoms with Gasteiger partial charge in [0.1, 0.15) is 12.1 Å². The average molecular weight is 296 g/mol. The van der Waals surface area contributed by atoms with Crippen LogP contribution >= 0.6 is 0 Å². The Balaban J connectivity index is 1.71. The first-order valence-corrected chi connectivity index (χ1v) is 6.72. The molecule has 110 valence electrons. The van der Waals surface area contributed by atoms with Crippen molar-refractivity contribution in [3.8, 4) is 5.69 Å². The molecule has 5 nitrogen and oxygen atoms in total. The van der Waals surface area contributed by atoms with Gasteiger partial charge in [-0.3, -0.25) is 9.36 Å². The molecular weight excluding hydrogens is 283 g/mol. The van der Waals surface area contributed by atoms with E-state index in [0.717, 1.165) is 5.69 Å². The molecule has 1 amide bonds. The molecule has 0 aliphatic carbocycles. The molecular formula is C16H13FN4O. The van der Waals surface area contributed by atoms with Crippen LogP contribution in [0.5, 0.6) is 0 Å². The summed E-state index contributed by atoms with van der Waals surface area (Å²) in [6.07, 6.45) is 1.59. The zero-order valence-corrected chi connectivity index (χ0v) is 11.6. The third-order valence-corrected chi connectivity index (χ3v) is 3.17. The van der Waals surface area contributed by atoms with Gasteiger partial charge in [0, 0.05) is 11.3 Å². The molecule has 2 aromatic carbocycles. The predicted octanol–water partition coefficient (Wildman–Crippen LogP) is 2.34. The molecule has 0 saturated carbocycles. The Hall–Kier alpha value is -3.02. The number of carbonyl (C=O) groups excluding carboxylic acids is 1. The number of halogens is 1. The van der Waals surface area contributed by atoms with Crippen molar-refractivity contribution in [2.24, 2.45) is 0 Å². The molecule has 6 heteroatoms. The second-order valence-electron chi connectivity index (χ2n) is 4.64. The van der Waals surface area contributed by atoms with Crippen LogP contribution in [0.2, 0.25) is 0 Å². The molecule has 1 N–H and O–H groups in total. The van der Waals surface area contributed by atoms with Gasteiger partial charge in [0.15, 0.2) is 5.82 Å². The standard InChI is InChI=1S/C16H13FN4O/c17-13-8-6-12(7-9-13)16(22)18-10-15-20-19-11-21(15)14-4-2-1-3-5-14/h1-9,11H,10H2,(H,18,22). The Bertz CT molecular complexity index is 768. The largest absolute Gasteiger partial charge is 0.345 e. The summed E-state index contributed by atoms with van der Waals surface area (Å²) < 4.78 is 14.6. The fraction of sp³-hybridized carbons (Fsp3) is 0.0625. The third kappa shape index (κ3) is 3.01. The molecule has 1 aromatic heterocycles. The van der Waals surface area contributed by atoms with Crippen LogP contribution in [-0.2, 0) is 6.54 Å². The summed E-state index contributed by atoms with van der Waals surface area (Å²) >= 11 is 0. The summed E-state index contributed by atoms with van der Waals surface area (Å²) in [7, 11) is 0. The van der Waals surface area contributed by atoms with E-state index in [1.807, 2.05) is 30.3 Å². The van der Waals surface area contributed by atoms with Crippen molar-refractivity contribution in [2.75, 3.05) is 0 Å². The minimum Gasteiger partial charge on any atom is -0.345 e. The lowest BCUT2D eigenvalue weighted by Crippen LogP contribution is -2.24. The topological polar surface area (TPSA) is 59.8 Å². The lowest BCUT2D eigenvalue weighted by molar-refractivity contribution is 0.0949. The van der Waals surface area contributed by atoms with Crippen LogP contribution in [0.1, 0.15) is 16.2 Å². The van der Waals surface area contributed by atoms with Gasteiger partial charge in [-0.15, -0.1) is 10.2 Å². The Labute approximate surface area is 126 Å². The van der Waals surface area contributed by atoms with E-state index in [4.69, 9.17) is 0 Å². The van der Waals surface area contributed by atoms with Crippen molar-refractivity contribution in [3.05, 3.63) is 78.1 Å². The molecule has 0 aliphatic heterocycles. The number of hydrogen-bond acceptors (Lipinski definition) is 3. The van der Waals surface area contributed by atoms with E-state index in [9.17, 15) is 9.18 Å². The van der Waals surface area contributed by atoms with Crippen LogP contribution in [0.3, 0.4) is 0 Å². The quantitative estimate of drug-likeness (QED) is 0.804. The Morgan fingerprint density at radius 2 is 1.82 bits per heavy atom. The lowest BCUT2D eigenvalue weighted by atomic mass is 10.2. The van der Waals surface area contributed by atoms with E-state index < -0.39 is 0 Å². The van der Waals surface area contributed by atoms with Crippen molar-refractivity contribution in [1.82, 2.24) is 20.1 Å². The monoisotopic (exact) mass is 296 g/mol. The lowest BCUT2D eigenvalue weighted by Gasteiger charge is -2.08. The molecule has 0 atom stereocenters. The molecule has 3 aromatic rings. The Morgan fingerprint density at radius 1 is 1.09 bits per heavy atom. The fourth-order valence-electron chi connectivity index (χ4n) is 2.05. The highest BCUT2D eigenvalue weighted by molar-refractivity contribution is 5.94. The van der Waals surface area contributed by atoms with Gasteiger partial charge < -0.3 is 5.32 Å². The number of rotatable bonds is 4. The highest BCUT2D eigenvalue weighted by Crippen LogP contribution is 2.09. The van der Waals surface area contributed by atoms with Crippen molar-refractivity contribution in [2.45, 2.75) is 6.54 Å². The smallest absolute Gasteiger partial charge is 0.251 e. The van der Waals surface area contributed by atoms with Crippen LogP contribution in [0.15, 0.2) is 60.9 Å². The van der Waals surface area contributed by atoms with Gasteiger partial charge in [-0.05, 0) is 36.4 Å². The Kier molecular flexibility index (Phi) is 3.91. The van der Waals surface area contributed by atoms with Crippen LogP contribution in [0.4, 0.5) is 4.39 Å². The van der Waals surface area contributed by atoms with Crippen LogP contribution in [-0.4, -0.2) is 20.7 Å². The number of benzene rings is 2. The Morgan fingerprint density at radius 3 is 2.55 bits per heavy atom. The number of nitrogens with one attached hydrogen (secondary N) is 1. The maximum Gasteiger partial charge on any atom is 0.251 e. The molecule has 0 unspecified atom stereocenters. The maximum absolute atomic E-state index is 12.8. The van der Waals surface area contributed by atoms with Gasteiger partial charge in [-0.2, -0.15) is 0 Å². The number of amides is 1. The normalized spacial score (nSPS) is 10.4. The third-order valence-electron chi connectivity index (χ3n) is 3.17. The molecule has 0 saturated heterocycles. The second-order valence-corrected chi connectivity index (χ2v) is 4.64. The summed E-state index contributed by atoms with van der Waals surface area (Å²) in [4.78, 5) is 12.0. The fourth-order valence-corrected chi connectivity index (χ4v) is 2.05. The number of aromatic nitrogens is 3. The SMILES string of the molecule is O=C(NCc1nncn1-c1ccccc1)c1ccc(F)cc1. The number of hydrogen-bond donors (Lipinski definition) is 1. The first-order valence-electron chi connectivity index (χ1n) is 6.72. The van der Waals surface area contributed by atoms with Gasteiger partial charge in [0.25, 0.3) is 5.91 Å². The number of nitrogens with zero attached hydrogens (tertiary/aromatic N) is 3. The molecule has 1 heterocycles. The van der Waals surface area contributed by atoms with Crippen molar-refractivity contribution < 1.29 is 9.18 Å². The van der Waals surface area contributed by atoms with Crippen LogP contribution < -0.4 is 5.32 Å². The van der Waals surface area contributed by atoms with Crippen molar-refractivity contribution >= 4 is 5.91 Å². The summed E-state index contributed by atoms with van der Waals surface area (Å²) in [6, 6.07) is 15.0. The van der Waals surface area contributed by atoms with E-state index in [1.54, 1.807) is 10.9 Å². The first kappa shape index (κ1) is 13.9. The zero-order chi connectivity index (χ0) is 15.4. The van der Waals surface area contributed by atoms with Gasteiger partial charge in [0.05, 0.1) is 6.54 Å². The van der Waals surface area contributed by atoms with E-state index in [0.29, 0.717) is 11.4 Å². The van der Waals surface area contributed by atoms with E-state index in [-0.39, 0.29) is 18.3 Å². The number of carbonyl (C=O) groups is 1.